The second-order valence-corrected chi connectivity index (χ2v) is 8.34. The number of rotatable bonds is 9. The van der Waals surface area contributed by atoms with Crippen LogP contribution in [0, 0.1) is 26.2 Å². The summed E-state index contributed by atoms with van der Waals surface area (Å²) in [6, 6.07) is 10.7. The number of carbonyl (C=O) groups is 2. The van der Waals surface area contributed by atoms with Crippen LogP contribution in [0.1, 0.15) is 27.0 Å². The number of hydrogen-bond donors (Lipinski definition) is 2. The molecule has 0 radical (unpaired) electrons. The Morgan fingerprint density at radius 2 is 1.87 bits per heavy atom. The molecule has 0 heterocycles. The van der Waals surface area contributed by atoms with Crippen molar-refractivity contribution in [1.29, 1.82) is 0 Å². The number of carbonyl (C=O) groups excluding carboxylic acids is 2. The van der Waals surface area contributed by atoms with E-state index in [1.54, 1.807) is 18.2 Å². The molecule has 0 aromatic heterocycles. The fraction of sp³-hybridized carbons (Fsp3) is 0.217. The van der Waals surface area contributed by atoms with E-state index in [1.807, 2.05) is 26.0 Å². The Morgan fingerprint density at radius 1 is 1.19 bits per heavy atom. The molecule has 162 valence electrons. The first-order chi connectivity index (χ1) is 14.6. The maximum atomic E-state index is 12.8. The Morgan fingerprint density at radius 3 is 2.45 bits per heavy atom. The van der Waals surface area contributed by atoms with Gasteiger partial charge < -0.3 is 14.8 Å². The Labute approximate surface area is 182 Å². The second kappa shape index (κ2) is 10.5. The largest absolute Gasteiger partial charge is 0.379 e. The Kier molecular flexibility index (Phi) is 8.00. The van der Waals surface area contributed by atoms with Crippen LogP contribution in [-0.2, 0) is 21.3 Å². The lowest BCUT2D eigenvalue weighted by atomic mass is 10.0. The van der Waals surface area contributed by atoms with Crippen LogP contribution in [0.15, 0.2) is 54.5 Å². The van der Waals surface area contributed by atoms with Crippen molar-refractivity contribution < 1.29 is 22.2 Å². The summed E-state index contributed by atoms with van der Waals surface area (Å²) in [5, 5.41) is 6.03. The lowest BCUT2D eigenvalue weighted by Crippen LogP contribution is -2.48. The van der Waals surface area contributed by atoms with Crippen LogP contribution in [0.5, 0.6) is 5.75 Å². The van der Waals surface area contributed by atoms with Crippen molar-refractivity contribution in [3.63, 3.8) is 0 Å². The van der Waals surface area contributed by atoms with Crippen molar-refractivity contribution in [1.82, 2.24) is 10.6 Å². The van der Waals surface area contributed by atoms with Gasteiger partial charge in [-0.25, -0.2) is 0 Å². The summed E-state index contributed by atoms with van der Waals surface area (Å²) in [4.78, 5) is 25.3. The van der Waals surface area contributed by atoms with Gasteiger partial charge >= 0.3 is 10.1 Å². The maximum Gasteiger partial charge on any atom is 0.331 e. The number of benzene rings is 2. The third-order valence-electron chi connectivity index (χ3n) is 4.39. The van der Waals surface area contributed by atoms with Gasteiger partial charge in [-0.1, -0.05) is 42.3 Å². The van der Waals surface area contributed by atoms with Crippen LogP contribution in [0.4, 0.5) is 0 Å². The zero-order valence-electron chi connectivity index (χ0n) is 17.3. The third kappa shape index (κ3) is 7.01. The first-order valence-corrected chi connectivity index (χ1v) is 10.9. The van der Waals surface area contributed by atoms with Crippen LogP contribution in [0.3, 0.4) is 0 Å². The predicted octanol–water partition coefficient (Wildman–Crippen LogP) is 2.25. The van der Waals surface area contributed by atoms with Gasteiger partial charge in [-0.15, -0.1) is 6.42 Å². The molecule has 7 nitrogen and oxygen atoms in total. The zero-order chi connectivity index (χ0) is 23.0. The molecule has 2 aromatic rings. The highest BCUT2D eigenvalue weighted by Gasteiger charge is 2.22. The maximum absolute atomic E-state index is 12.8. The lowest BCUT2D eigenvalue weighted by Gasteiger charge is -2.19. The van der Waals surface area contributed by atoms with Gasteiger partial charge in [-0.3, -0.25) is 9.59 Å². The van der Waals surface area contributed by atoms with Gasteiger partial charge in [0, 0.05) is 12.0 Å². The topological polar surface area (TPSA) is 102 Å². The van der Waals surface area contributed by atoms with Gasteiger partial charge in [-0.05, 0) is 43.2 Å². The van der Waals surface area contributed by atoms with Gasteiger partial charge in [0.2, 0.25) is 5.91 Å². The number of aryl methyl sites for hydroxylation is 2. The molecule has 8 heteroatoms. The van der Waals surface area contributed by atoms with Crippen LogP contribution in [0.2, 0.25) is 0 Å². The fourth-order valence-electron chi connectivity index (χ4n) is 2.86. The Balaban J connectivity index is 2.20. The van der Waals surface area contributed by atoms with E-state index >= 15 is 0 Å². The highest BCUT2D eigenvalue weighted by molar-refractivity contribution is 7.90. The number of amides is 2. The third-order valence-corrected chi connectivity index (χ3v) is 5.23. The van der Waals surface area contributed by atoms with Crippen LogP contribution in [0.25, 0.3) is 0 Å². The minimum Gasteiger partial charge on any atom is -0.379 e. The second-order valence-electron chi connectivity index (χ2n) is 6.86. The van der Waals surface area contributed by atoms with E-state index in [1.165, 1.54) is 12.1 Å². The molecular weight excluding hydrogens is 416 g/mol. The smallest absolute Gasteiger partial charge is 0.331 e. The first kappa shape index (κ1) is 23.7. The van der Waals surface area contributed by atoms with E-state index in [9.17, 15) is 18.0 Å². The Bertz CT molecular complexity index is 1120. The van der Waals surface area contributed by atoms with E-state index in [4.69, 9.17) is 10.6 Å². The summed E-state index contributed by atoms with van der Waals surface area (Å²) in [7, 11) is -3.86. The molecule has 0 aliphatic carbocycles. The highest BCUT2D eigenvalue weighted by atomic mass is 32.2. The van der Waals surface area contributed by atoms with Crippen molar-refractivity contribution in [3.8, 4) is 18.1 Å². The molecule has 0 bridgehead atoms. The predicted molar refractivity (Wildman–Crippen MR) is 119 cm³/mol. The van der Waals surface area contributed by atoms with Crippen molar-refractivity contribution in [2.24, 2.45) is 0 Å². The molecule has 0 fully saturated rings. The summed E-state index contributed by atoms with van der Waals surface area (Å²) in [6.07, 6.45) is 5.38. The minimum absolute atomic E-state index is 0.0287. The number of terminal acetylenes is 1. The van der Waals surface area contributed by atoms with Crippen LogP contribution >= 0.6 is 0 Å². The molecular formula is C23H24N2O5S. The van der Waals surface area contributed by atoms with Gasteiger partial charge in [-0.2, -0.15) is 8.42 Å². The normalized spacial score (nSPS) is 11.6. The quantitative estimate of drug-likeness (QED) is 0.460. The summed E-state index contributed by atoms with van der Waals surface area (Å²) in [5.74, 6) is 1.63. The zero-order valence-corrected chi connectivity index (χ0v) is 18.2. The van der Waals surface area contributed by atoms with E-state index in [0.717, 1.165) is 11.1 Å². The van der Waals surface area contributed by atoms with Crippen LogP contribution in [-0.4, -0.2) is 32.8 Å². The van der Waals surface area contributed by atoms with Crippen LogP contribution < -0.4 is 14.8 Å². The average Bonchev–Trinajstić information content (AvgIpc) is 2.72. The van der Waals surface area contributed by atoms with E-state index in [2.05, 4.69) is 23.1 Å². The molecule has 2 rings (SSSR count). The summed E-state index contributed by atoms with van der Waals surface area (Å²) >= 11 is 0. The SMILES string of the molecule is C#CCNC(=O)[C@H](Cc1ccc(OS(=O)(=O)C=C)cc1)NC(=O)c1ccc(C)cc1C. The molecule has 31 heavy (non-hydrogen) atoms. The molecule has 0 unspecified atom stereocenters. The van der Waals surface area contributed by atoms with Gasteiger partial charge in [0.25, 0.3) is 5.91 Å². The summed E-state index contributed by atoms with van der Waals surface area (Å²) in [6.45, 7) is 6.96. The highest BCUT2D eigenvalue weighted by Crippen LogP contribution is 2.17. The first-order valence-electron chi connectivity index (χ1n) is 9.40. The minimum atomic E-state index is -3.86. The van der Waals surface area contributed by atoms with Gasteiger partial charge in [0.1, 0.15) is 11.8 Å². The molecule has 0 spiro atoms. The van der Waals surface area contributed by atoms with Gasteiger partial charge in [0.05, 0.1) is 12.0 Å². The van der Waals surface area contributed by atoms with Crippen molar-refractivity contribution >= 4 is 21.9 Å². The lowest BCUT2D eigenvalue weighted by molar-refractivity contribution is -0.122. The molecule has 2 aromatic carbocycles. The number of nitrogens with one attached hydrogen (secondary N) is 2. The van der Waals surface area contributed by atoms with E-state index in [-0.39, 0.29) is 24.6 Å². The molecule has 0 aliphatic rings. The van der Waals surface area contributed by atoms with Gasteiger partial charge in [0.15, 0.2) is 0 Å². The number of hydrogen-bond acceptors (Lipinski definition) is 5. The molecule has 2 amide bonds. The monoisotopic (exact) mass is 440 g/mol. The molecule has 0 saturated carbocycles. The fourth-order valence-corrected chi connectivity index (χ4v) is 3.31. The molecule has 2 N–H and O–H groups in total. The summed E-state index contributed by atoms with van der Waals surface area (Å²) < 4.78 is 27.8. The summed E-state index contributed by atoms with van der Waals surface area (Å²) in [5.41, 5.74) is 2.98. The standard InChI is InChI=1S/C23H24N2O5S/c1-5-13-24-23(27)21(25-22(26)20-12-7-16(3)14-17(20)4)15-18-8-10-19(11-9-18)30-31(28,29)6-2/h1,6-12,14,21H,2,13,15H2,3-4H3,(H,24,27)(H,25,26)/t21-/m0/s1. The van der Waals surface area contributed by atoms with Crippen molar-refractivity contribution in [2.75, 3.05) is 6.54 Å². The van der Waals surface area contributed by atoms with Crippen molar-refractivity contribution in [2.45, 2.75) is 26.3 Å². The van der Waals surface area contributed by atoms with Crippen molar-refractivity contribution in [3.05, 3.63) is 76.7 Å². The van der Waals surface area contributed by atoms with E-state index in [0.29, 0.717) is 16.5 Å². The molecule has 0 aliphatic heterocycles. The molecule has 0 saturated heterocycles. The van der Waals surface area contributed by atoms with E-state index < -0.39 is 22.1 Å². The average molecular weight is 441 g/mol. The Hall–Kier alpha value is -3.57. The molecule has 1 atom stereocenters.